The van der Waals surface area contributed by atoms with Gasteiger partial charge in [0.1, 0.15) is 0 Å². The summed E-state index contributed by atoms with van der Waals surface area (Å²) in [6, 6.07) is 2.16. The highest BCUT2D eigenvalue weighted by Gasteiger charge is 1.88. The Morgan fingerprint density at radius 1 is 0.137 bits per heavy atom. The van der Waals surface area contributed by atoms with E-state index >= 15 is 0 Å². The van der Waals surface area contributed by atoms with E-state index < -0.39 is 0 Å². The van der Waals surface area contributed by atoms with E-state index in [1.54, 1.807) is 0 Å². The first-order chi connectivity index (χ1) is 35.6. The molecular weight excluding hydrogens is 879 g/mol. The molecule has 0 N–H and O–H groups in total. The van der Waals surface area contributed by atoms with Crippen LogP contribution in [0, 0.1) is 11.3 Å². The average molecular weight is 1040 g/mol. The molecule has 73 heavy (non-hydrogen) atoms. The lowest BCUT2D eigenvalue weighted by molar-refractivity contribution is 0.613. The summed E-state index contributed by atoms with van der Waals surface area (Å²) in [5, 5.41) is 8.22. The summed E-state index contributed by atoms with van der Waals surface area (Å²) in [5.74, 6) is 0. The molecule has 0 fully saturated rings. The van der Waals surface area contributed by atoms with Crippen LogP contribution in [0.1, 0.15) is 465 Å². The van der Waals surface area contributed by atoms with E-state index in [0.29, 0.717) is 0 Å². The second-order valence-electron chi connectivity index (χ2n) is 21.2. The molecule has 1 nitrogen and oxygen atoms in total. The molecule has 0 rings (SSSR count). The summed E-state index contributed by atoms with van der Waals surface area (Å²) in [7, 11) is 0. The van der Waals surface area contributed by atoms with Gasteiger partial charge in [-0.2, -0.15) is 5.26 Å². The van der Waals surface area contributed by atoms with Crippen molar-refractivity contribution in [2.24, 2.45) is 0 Å². The summed E-state index contributed by atoms with van der Waals surface area (Å²) in [6.45, 7) is 42.6. The molecule has 0 heterocycles. The molecule has 0 atom stereocenters. The molecule has 1 heteroatoms. The van der Waals surface area contributed by atoms with E-state index in [1.165, 1.54) is 321 Å². The van der Waals surface area contributed by atoms with Gasteiger partial charge in [-0.3, -0.25) is 0 Å². The minimum Gasteiger partial charge on any atom is -0.198 e. The van der Waals surface area contributed by atoms with Crippen molar-refractivity contribution < 1.29 is 0 Å². The number of nitriles is 1. The Hall–Kier alpha value is -0.510. The first-order valence-electron chi connectivity index (χ1n) is 35.0. The Morgan fingerprint density at radius 3 is 0.315 bits per heavy atom. The van der Waals surface area contributed by atoms with Gasteiger partial charge in [-0.1, -0.05) is 453 Å². The molecule has 454 valence electrons. The normalized spacial score (nSPS) is 9.40. The van der Waals surface area contributed by atoms with Crippen LogP contribution in [-0.2, 0) is 0 Å². The number of hydrogen-bond acceptors (Lipinski definition) is 1. The van der Waals surface area contributed by atoms with Crippen molar-refractivity contribution in [3.63, 3.8) is 0 Å². The quantitative estimate of drug-likeness (QED) is 0.0559. The van der Waals surface area contributed by atoms with Crippen LogP contribution in [0.25, 0.3) is 0 Å². The smallest absolute Gasteiger partial charge is 0.0621 e. The number of rotatable bonds is 42. The molecule has 0 amide bonds. The maximum absolute atomic E-state index is 8.22. The van der Waals surface area contributed by atoms with E-state index in [0.717, 1.165) is 12.8 Å². The van der Waals surface area contributed by atoms with Gasteiger partial charge in [0.2, 0.25) is 0 Å². The van der Waals surface area contributed by atoms with Gasteiger partial charge in [-0.15, -0.1) is 0 Å². The van der Waals surface area contributed by atoms with Crippen LogP contribution in [0.2, 0.25) is 0 Å². The zero-order chi connectivity index (χ0) is 57.5. The van der Waals surface area contributed by atoms with Crippen LogP contribution in [0.15, 0.2) is 0 Å². The third kappa shape index (κ3) is 191. The number of hydrogen-bond donors (Lipinski definition) is 0. The molecule has 0 bridgehead atoms. The van der Waals surface area contributed by atoms with Gasteiger partial charge in [0, 0.05) is 6.42 Å². The van der Waals surface area contributed by atoms with Crippen molar-refractivity contribution in [3.05, 3.63) is 0 Å². The van der Waals surface area contributed by atoms with Gasteiger partial charge >= 0.3 is 0 Å². The highest BCUT2D eigenvalue weighted by molar-refractivity contribution is 4.67. The van der Waals surface area contributed by atoms with Crippen LogP contribution < -0.4 is 0 Å². The second-order valence-corrected chi connectivity index (χ2v) is 21.2. The SMILES string of the molecule is CCCCCCC.CCCCCCC.CCCCCCC.CCCCCCC.CCCCCCC.CCCCCCC.CCCCCCC.CCCCCCC.CCCCCCC.CCCCCCCCC#N. The molecule has 0 saturated carbocycles. The van der Waals surface area contributed by atoms with Crippen LogP contribution in [0.4, 0.5) is 0 Å². The lowest BCUT2D eigenvalue weighted by Gasteiger charge is -1.95. The first-order valence-corrected chi connectivity index (χ1v) is 35.0. The molecular formula is C72H161N. The Labute approximate surface area is 474 Å². The fraction of sp³-hybridized carbons (Fsp3) is 0.986. The summed E-state index contributed by atoms with van der Waals surface area (Å²) < 4.78 is 0. The third-order valence-corrected chi connectivity index (χ3v) is 12.5. The van der Waals surface area contributed by atoms with Crippen molar-refractivity contribution >= 4 is 0 Å². The highest BCUT2D eigenvalue weighted by atomic mass is 14.2. The molecule has 0 radical (unpaired) electrons. The van der Waals surface area contributed by atoms with E-state index in [2.05, 4.69) is 138 Å². The molecule has 0 aromatic heterocycles. The van der Waals surface area contributed by atoms with Gasteiger partial charge < -0.3 is 0 Å². The van der Waals surface area contributed by atoms with Gasteiger partial charge in [-0.25, -0.2) is 0 Å². The standard InChI is InChI=1S/C9H17N.9C7H16/c1-2-3-4-5-6-7-8-9-10;9*1-3-5-7-6-4-2/h2-8H2,1H3;9*3-7H2,1-2H3. The molecule has 0 aliphatic carbocycles. The molecule has 0 aliphatic heterocycles. The van der Waals surface area contributed by atoms with Gasteiger partial charge in [0.15, 0.2) is 0 Å². The van der Waals surface area contributed by atoms with Crippen LogP contribution >= 0.6 is 0 Å². The summed E-state index contributed by atoms with van der Waals surface area (Å²) in [5.41, 5.74) is 0. The van der Waals surface area contributed by atoms with E-state index in [-0.39, 0.29) is 0 Å². The molecule has 0 aromatic carbocycles. The maximum Gasteiger partial charge on any atom is 0.0621 e. The van der Waals surface area contributed by atoms with E-state index in [1.807, 2.05) is 0 Å². The Bertz CT molecular complexity index is 499. The van der Waals surface area contributed by atoms with E-state index in [4.69, 9.17) is 5.26 Å². The Kier molecular flexibility index (Phi) is 168. The minimum atomic E-state index is 0.742. The fourth-order valence-corrected chi connectivity index (χ4v) is 7.08. The zero-order valence-electron chi connectivity index (χ0n) is 56.7. The largest absolute Gasteiger partial charge is 0.198 e. The van der Waals surface area contributed by atoms with Crippen molar-refractivity contribution in [2.45, 2.75) is 465 Å². The lowest BCUT2D eigenvalue weighted by atomic mass is 10.1. The van der Waals surface area contributed by atoms with Crippen molar-refractivity contribution in [2.75, 3.05) is 0 Å². The minimum absolute atomic E-state index is 0.742. The summed E-state index contributed by atoms with van der Waals surface area (Å²) >= 11 is 0. The van der Waals surface area contributed by atoms with E-state index in [9.17, 15) is 0 Å². The summed E-state index contributed by atoms with van der Waals surface area (Å²) in [4.78, 5) is 0. The number of nitrogens with zero attached hydrogens (tertiary/aromatic N) is 1. The topological polar surface area (TPSA) is 23.8 Å². The molecule has 0 aliphatic rings. The Balaban J connectivity index is -0.0000000757. The van der Waals surface area contributed by atoms with Gasteiger partial charge in [0.25, 0.3) is 0 Å². The highest BCUT2D eigenvalue weighted by Crippen LogP contribution is 2.07. The van der Waals surface area contributed by atoms with Crippen molar-refractivity contribution in [1.29, 1.82) is 5.26 Å². The van der Waals surface area contributed by atoms with Crippen LogP contribution in [0.5, 0.6) is 0 Å². The average Bonchev–Trinajstić information content (AvgIpc) is 3.41. The molecule has 0 unspecified atom stereocenters. The van der Waals surface area contributed by atoms with Gasteiger partial charge in [-0.05, 0) is 6.42 Å². The summed E-state index contributed by atoms with van der Waals surface area (Å²) in [6.07, 6.45) is 71.5. The fourth-order valence-electron chi connectivity index (χ4n) is 7.08. The molecule has 0 aromatic rings. The predicted molar refractivity (Wildman–Crippen MR) is 354 cm³/mol. The first kappa shape index (κ1) is 94.9. The van der Waals surface area contributed by atoms with Crippen LogP contribution in [0.3, 0.4) is 0 Å². The monoisotopic (exact) mass is 1040 g/mol. The maximum atomic E-state index is 8.22. The zero-order valence-corrected chi connectivity index (χ0v) is 56.7. The van der Waals surface area contributed by atoms with Gasteiger partial charge in [0.05, 0.1) is 6.07 Å². The number of unbranched alkanes of at least 4 members (excludes halogenated alkanes) is 42. The Morgan fingerprint density at radius 2 is 0.219 bits per heavy atom. The predicted octanol–water partition coefficient (Wildman–Crippen LogP) is 30.1. The third-order valence-electron chi connectivity index (χ3n) is 12.5. The lowest BCUT2D eigenvalue weighted by Crippen LogP contribution is -1.77. The van der Waals surface area contributed by atoms with Crippen molar-refractivity contribution in [1.82, 2.24) is 0 Å². The van der Waals surface area contributed by atoms with Crippen molar-refractivity contribution in [3.8, 4) is 6.07 Å². The molecule has 0 spiro atoms. The second kappa shape index (κ2) is 129. The molecule has 0 saturated heterocycles. The van der Waals surface area contributed by atoms with Crippen LogP contribution in [-0.4, -0.2) is 0 Å².